The molecule has 0 spiro atoms. The molecule has 2 rings (SSSR count). The van der Waals surface area contributed by atoms with Gasteiger partial charge in [-0.15, -0.1) is 0 Å². The van der Waals surface area contributed by atoms with E-state index in [1.165, 1.54) is 0 Å². The van der Waals surface area contributed by atoms with Crippen molar-refractivity contribution in [3.8, 4) is 0 Å². The maximum Gasteiger partial charge on any atom is 0.317 e. The molecule has 1 N–H and O–H groups in total. The van der Waals surface area contributed by atoms with Crippen LogP contribution in [0.15, 0.2) is 16.8 Å². The summed E-state index contributed by atoms with van der Waals surface area (Å²) in [7, 11) is 1.85. The zero-order valence-electron chi connectivity index (χ0n) is 13.2. The second-order valence-corrected chi connectivity index (χ2v) is 6.78. The number of aliphatic carboxylic acids is 1. The van der Waals surface area contributed by atoms with Crippen LogP contribution in [0, 0.1) is 0 Å². The molecular weight excluding hydrogens is 300 g/mol. The van der Waals surface area contributed by atoms with Crippen molar-refractivity contribution in [2.45, 2.75) is 38.1 Å². The number of carbonyl (C=O) groups is 2. The fourth-order valence-electron chi connectivity index (χ4n) is 3.02. The number of carboxylic acids is 1. The minimum absolute atomic E-state index is 0.0594. The Bertz CT molecular complexity index is 503. The van der Waals surface area contributed by atoms with E-state index in [1.54, 1.807) is 11.3 Å². The average Bonchev–Trinajstić information content (AvgIpc) is 2.89. The van der Waals surface area contributed by atoms with E-state index in [4.69, 9.17) is 5.11 Å². The van der Waals surface area contributed by atoms with Gasteiger partial charge < -0.3 is 10.0 Å². The molecule has 1 aromatic rings. The van der Waals surface area contributed by atoms with E-state index in [1.807, 2.05) is 40.6 Å². The summed E-state index contributed by atoms with van der Waals surface area (Å²) in [6, 6.07) is 2.25. The summed E-state index contributed by atoms with van der Waals surface area (Å²) in [5.74, 6) is -0.717. The second-order valence-electron chi connectivity index (χ2n) is 6.00. The van der Waals surface area contributed by atoms with Crippen molar-refractivity contribution >= 4 is 23.2 Å². The van der Waals surface area contributed by atoms with Gasteiger partial charge in [-0.2, -0.15) is 11.3 Å². The third-order valence-electron chi connectivity index (χ3n) is 4.43. The fraction of sp³-hybridized carbons (Fsp3) is 0.625. The number of nitrogens with zero attached hydrogens (tertiary/aromatic N) is 2. The molecule has 5 nitrogen and oxygen atoms in total. The summed E-state index contributed by atoms with van der Waals surface area (Å²) in [4.78, 5) is 27.3. The summed E-state index contributed by atoms with van der Waals surface area (Å²) in [5, 5.41) is 12.9. The molecule has 6 heteroatoms. The lowest BCUT2D eigenvalue weighted by atomic mass is 10.0. The number of hydrogen-bond acceptors (Lipinski definition) is 4. The number of likely N-dealkylation sites (tertiary alicyclic amines) is 1. The Morgan fingerprint density at radius 2 is 2.23 bits per heavy atom. The zero-order chi connectivity index (χ0) is 16.1. The van der Waals surface area contributed by atoms with Crippen LogP contribution in [0.2, 0.25) is 0 Å². The van der Waals surface area contributed by atoms with Crippen LogP contribution in [0.5, 0.6) is 0 Å². The topological polar surface area (TPSA) is 60.9 Å². The second kappa shape index (κ2) is 7.74. The molecular formula is C16H24N2O3S. The normalized spacial score (nSPS) is 20.7. The van der Waals surface area contributed by atoms with Gasteiger partial charge in [0.15, 0.2) is 0 Å². The van der Waals surface area contributed by atoms with Crippen LogP contribution >= 0.6 is 11.3 Å². The molecule has 2 heterocycles. The van der Waals surface area contributed by atoms with Crippen molar-refractivity contribution in [2.75, 3.05) is 26.7 Å². The van der Waals surface area contributed by atoms with E-state index in [0.717, 1.165) is 31.4 Å². The van der Waals surface area contributed by atoms with Crippen LogP contribution in [-0.4, -0.2) is 59.5 Å². The summed E-state index contributed by atoms with van der Waals surface area (Å²) in [6.45, 7) is 3.50. The molecule has 0 radical (unpaired) electrons. The lowest BCUT2D eigenvalue weighted by molar-refractivity contribution is -0.138. The van der Waals surface area contributed by atoms with Crippen LogP contribution in [0.1, 0.15) is 37.7 Å². The Labute approximate surface area is 135 Å². The van der Waals surface area contributed by atoms with E-state index in [2.05, 4.69) is 0 Å². The molecule has 0 bridgehead atoms. The largest absolute Gasteiger partial charge is 0.480 e. The van der Waals surface area contributed by atoms with Crippen molar-refractivity contribution < 1.29 is 14.7 Å². The maximum atomic E-state index is 12.6. The molecule has 2 unspecified atom stereocenters. The summed E-state index contributed by atoms with van der Waals surface area (Å²) in [5.41, 5.74) is 1.08. The smallest absolute Gasteiger partial charge is 0.317 e. The van der Waals surface area contributed by atoms with Crippen LogP contribution in [0.3, 0.4) is 0 Å². The Hall–Kier alpha value is -1.40. The van der Waals surface area contributed by atoms with Crippen molar-refractivity contribution in [3.05, 3.63) is 22.4 Å². The highest BCUT2D eigenvalue weighted by molar-refractivity contribution is 7.08. The Kier molecular flexibility index (Phi) is 5.97. The van der Waals surface area contributed by atoms with Gasteiger partial charge in [0, 0.05) is 19.1 Å². The van der Waals surface area contributed by atoms with E-state index >= 15 is 0 Å². The number of rotatable bonds is 5. The van der Waals surface area contributed by atoms with Crippen molar-refractivity contribution in [1.82, 2.24) is 9.80 Å². The van der Waals surface area contributed by atoms with Gasteiger partial charge in [-0.3, -0.25) is 14.5 Å². The van der Waals surface area contributed by atoms with Crippen LogP contribution in [0.4, 0.5) is 0 Å². The SMILES string of the molecule is CC(C(=O)N1CCCC(N(C)CC(=O)O)CC1)c1ccsc1. The van der Waals surface area contributed by atoms with Gasteiger partial charge in [0.1, 0.15) is 0 Å². The monoisotopic (exact) mass is 324 g/mol. The van der Waals surface area contributed by atoms with Crippen LogP contribution in [0.25, 0.3) is 0 Å². The highest BCUT2D eigenvalue weighted by Gasteiger charge is 2.27. The lowest BCUT2D eigenvalue weighted by Gasteiger charge is -2.26. The Balaban J connectivity index is 1.92. The molecule has 0 saturated carbocycles. The molecule has 1 fully saturated rings. The molecule has 1 aliphatic rings. The predicted octanol–water partition coefficient (Wildman–Crippen LogP) is 2.25. The summed E-state index contributed by atoms with van der Waals surface area (Å²) in [6.07, 6.45) is 2.71. The third-order valence-corrected chi connectivity index (χ3v) is 5.13. The lowest BCUT2D eigenvalue weighted by Crippen LogP contribution is -2.38. The molecule has 1 saturated heterocycles. The standard InChI is InChI=1S/C16H24N2O3S/c1-12(13-6-9-22-11-13)16(21)18-7-3-4-14(5-8-18)17(2)10-15(19)20/h6,9,11-12,14H,3-5,7-8,10H2,1-2H3,(H,19,20). The average molecular weight is 324 g/mol. The molecule has 1 amide bonds. The number of amides is 1. The number of carboxylic acid groups (broad SMARTS) is 1. The van der Waals surface area contributed by atoms with E-state index in [9.17, 15) is 9.59 Å². The third kappa shape index (κ3) is 4.30. The van der Waals surface area contributed by atoms with Crippen LogP contribution in [-0.2, 0) is 9.59 Å². The maximum absolute atomic E-state index is 12.6. The molecule has 22 heavy (non-hydrogen) atoms. The van der Waals surface area contributed by atoms with Crippen LogP contribution < -0.4 is 0 Å². The first kappa shape index (κ1) is 17.0. The Morgan fingerprint density at radius 3 is 2.86 bits per heavy atom. The quantitative estimate of drug-likeness (QED) is 0.902. The molecule has 1 aliphatic heterocycles. The molecule has 1 aromatic heterocycles. The van der Waals surface area contributed by atoms with Crippen molar-refractivity contribution in [1.29, 1.82) is 0 Å². The first-order valence-electron chi connectivity index (χ1n) is 7.72. The number of thiophene rings is 1. The Morgan fingerprint density at radius 1 is 1.45 bits per heavy atom. The summed E-state index contributed by atoms with van der Waals surface area (Å²) >= 11 is 1.61. The zero-order valence-corrected chi connectivity index (χ0v) is 14.0. The summed E-state index contributed by atoms with van der Waals surface area (Å²) < 4.78 is 0. The first-order chi connectivity index (χ1) is 10.5. The van der Waals surface area contributed by atoms with Gasteiger partial charge in [0.2, 0.25) is 5.91 Å². The van der Waals surface area contributed by atoms with Gasteiger partial charge in [-0.05, 0) is 55.6 Å². The minimum atomic E-state index is -0.800. The fourth-order valence-corrected chi connectivity index (χ4v) is 3.77. The van der Waals surface area contributed by atoms with Gasteiger partial charge in [-0.1, -0.05) is 0 Å². The number of likely N-dealkylation sites (N-methyl/N-ethyl adjacent to an activating group) is 1. The van der Waals surface area contributed by atoms with Gasteiger partial charge in [-0.25, -0.2) is 0 Å². The van der Waals surface area contributed by atoms with Gasteiger partial charge >= 0.3 is 5.97 Å². The van der Waals surface area contributed by atoms with Crippen molar-refractivity contribution in [2.24, 2.45) is 0 Å². The van der Waals surface area contributed by atoms with Gasteiger partial charge in [0.25, 0.3) is 0 Å². The highest BCUT2D eigenvalue weighted by atomic mass is 32.1. The molecule has 122 valence electrons. The minimum Gasteiger partial charge on any atom is -0.480 e. The first-order valence-corrected chi connectivity index (χ1v) is 8.66. The number of carbonyl (C=O) groups excluding carboxylic acids is 1. The number of hydrogen-bond donors (Lipinski definition) is 1. The van der Waals surface area contributed by atoms with E-state index < -0.39 is 5.97 Å². The highest BCUT2D eigenvalue weighted by Crippen LogP contribution is 2.23. The predicted molar refractivity (Wildman–Crippen MR) is 87.2 cm³/mol. The van der Waals surface area contributed by atoms with Crippen molar-refractivity contribution in [3.63, 3.8) is 0 Å². The molecule has 0 aliphatic carbocycles. The van der Waals surface area contributed by atoms with Gasteiger partial charge in [0.05, 0.1) is 12.5 Å². The molecule has 2 atom stereocenters. The molecule has 0 aromatic carbocycles. The van der Waals surface area contributed by atoms with E-state index in [-0.39, 0.29) is 24.4 Å². The van der Waals surface area contributed by atoms with E-state index in [0.29, 0.717) is 6.54 Å².